The number of carbonyl (C=O) groups excluding carboxylic acids is 1. The molecule has 244 valence electrons. The van der Waals surface area contributed by atoms with E-state index < -0.39 is 0 Å². The first-order valence-corrected chi connectivity index (χ1v) is 17.4. The number of rotatable bonds is 14. The average molecular weight is 591 g/mol. The van der Waals surface area contributed by atoms with Gasteiger partial charge in [0, 0.05) is 61.3 Å². The van der Waals surface area contributed by atoms with Gasteiger partial charge in [0.1, 0.15) is 0 Å². The summed E-state index contributed by atoms with van der Waals surface area (Å²) in [5.74, 6) is 1.11. The zero-order valence-electron chi connectivity index (χ0n) is 28.8. The Kier molecular flexibility index (Phi) is 11.6. The van der Waals surface area contributed by atoms with E-state index in [2.05, 4.69) is 82.7 Å². The Balaban J connectivity index is 1.09. The van der Waals surface area contributed by atoms with Gasteiger partial charge in [-0.1, -0.05) is 27.7 Å². The molecule has 7 nitrogen and oxygen atoms in total. The molecule has 0 aromatic carbocycles. The molecule has 2 N–H and O–H groups in total. The zero-order valence-corrected chi connectivity index (χ0v) is 28.8. The Morgan fingerprint density at radius 1 is 0.714 bits per heavy atom. The van der Waals surface area contributed by atoms with Crippen molar-refractivity contribution in [3.63, 3.8) is 0 Å². The summed E-state index contributed by atoms with van der Waals surface area (Å²) in [4.78, 5) is 18.4. The summed E-state index contributed by atoms with van der Waals surface area (Å²) >= 11 is 0. The maximum Gasteiger partial charge on any atom is 0.152 e. The summed E-state index contributed by atoms with van der Waals surface area (Å²) in [5, 5.41) is 7.56. The topological polar surface area (TPSA) is 66.1 Å². The molecule has 2 heterocycles. The smallest absolute Gasteiger partial charge is 0.152 e. The lowest BCUT2D eigenvalue weighted by molar-refractivity contribution is -0.131. The predicted molar refractivity (Wildman–Crippen MR) is 173 cm³/mol. The van der Waals surface area contributed by atoms with Gasteiger partial charge in [0.2, 0.25) is 0 Å². The van der Waals surface area contributed by atoms with Gasteiger partial charge in [0.25, 0.3) is 0 Å². The van der Waals surface area contributed by atoms with E-state index in [9.17, 15) is 4.79 Å². The number of nitrogens with zero attached hydrogens (tertiary/aromatic N) is 2. The zero-order chi connectivity index (χ0) is 30.7. The van der Waals surface area contributed by atoms with Crippen LogP contribution in [0.5, 0.6) is 0 Å². The molecule has 2 aliphatic heterocycles. The standard InChI is InChI=1S/C35H66N4O3/c1-25(2)22-38-14-10-28(11-15-38)42-31-20-27(21-31)37-35(8,9)24-34(6,7)32(40)23-39-16-12-29(13-17-39)41-30-18-26(19-30)36-33(3,4)5/h25-31,36-37H,10-24H2,1-9H3/t26-,27-,30-,31-. The second kappa shape index (κ2) is 14.2. The molecule has 0 spiro atoms. The van der Waals surface area contributed by atoms with Gasteiger partial charge in [-0.25, -0.2) is 0 Å². The summed E-state index contributed by atoms with van der Waals surface area (Å²) in [6, 6.07) is 1.08. The fourth-order valence-electron chi connectivity index (χ4n) is 7.92. The Hall–Kier alpha value is -0.570. The number of hydrogen-bond acceptors (Lipinski definition) is 7. The number of hydrogen-bond donors (Lipinski definition) is 2. The van der Waals surface area contributed by atoms with Crippen LogP contribution in [0.15, 0.2) is 0 Å². The number of likely N-dealkylation sites (tertiary alicyclic amines) is 2. The molecule has 0 aromatic heterocycles. The van der Waals surface area contributed by atoms with E-state index >= 15 is 0 Å². The molecule has 2 saturated heterocycles. The van der Waals surface area contributed by atoms with E-state index in [0.29, 0.717) is 48.8 Å². The van der Waals surface area contributed by atoms with Crippen molar-refractivity contribution >= 4 is 5.78 Å². The number of nitrogens with one attached hydrogen (secondary N) is 2. The van der Waals surface area contributed by atoms with Crippen LogP contribution in [0.4, 0.5) is 0 Å². The molecule has 7 heteroatoms. The summed E-state index contributed by atoms with van der Waals surface area (Å²) in [6.45, 7) is 26.2. The van der Waals surface area contributed by atoms with Crippen molar-refractivity contribution in [2.45, 2.75) is 168 Å². The largest absolute Gasteiger partial charge is 0.375 e. The van der Waals surface area contributed by atoms with Gasteiger partial charge < -0.3 is 25.0 Å². The number of piperidine rings is 2. The molecule has 4 aliphatic rings. The Labute approximate surface area is 258 Å². The van der Waals surface area contributed by atoms with E-state index in [1.807, 2.05) is 0 Å². The third kappa shape index (κ3) is 10.8. The molecule has 4 rings (SSSR count). The second-order valence-electron chi connectivity index (χ2n) is 17.1. The van der Waals surface area contributed by atoms with Gasteiger partial charge in [-0.2, -0.15) is 0 Å². The van der Waals surface area contributed by atoms with Crippen molar-refractivity contribution in [3.8, 4) is 0 Å². The first kappa shape index (κ1) is 34.3. The van der Waals surface area contributed by atoms with Crippen molar-refractivity contribution in [3.05, 3.63) is 0 Å². The quantitative estimate of drug-likeness (QED) is 0.281. The molecule has 0 atom stereocenters. The lowest BCUT2D eigenvalue weighted by Crippen LogP contribution is -2.56. The fourth-order valence-corrected chi connectivity index (χ4v) is 7.92. The lowest BCUT2D eigenvalue weighted by atomic mass is 9.75. The number of ether oxygens (including phenoxy) is 2. The molecule has 2 aliphatic carbocycles. The van der Waals surface area contributed by atoms with Crippen LogP contribution in [0.3, 0.4) is 0 Å². The summed E-state index contributed by atoms with van der Waals surface area (Å²) in [6.07, 6.45) is 11.3. The highest BCUT2D eigenvalue weighted by Crippen LogP contribution is 2.34. The average Bonchev–Trinajstić information content (AvgIpc) is 2.81. The van der Waals surface area contributed by atoms with Crippen LogP contribution in [0.1, 0.15) is 120 Å². The highest BCUT2D eigenvalue weighted by atomic mass is 16.5. The van der Waals surface area contributed by atoms with Crippen molar-refractivity contribution in [1.82, 2.24) is 20.4 Å². The molecule has 0 radical (unpaired) electrons. The number of carbonyl (C=O) groups is 1. The van der Waals surface area contributed by atoms with Crippen molar-refractivity contribution in [2.24, 2.45) is 11.3 Å². The third-order valence-corrected chi connectivity index (χ3v) is 9.89. The molecular formula is C35H66N4O3. The molecule has 0 bridgehead atoms. The van der Waals surface area contributed by atoms with Crippen LogP contribution < -0.4 is 10.6 Å². The highest BCUT2D eigenvalue weighted by Gasteiger charge is 2.40. The first-order chi connectivity index (χ1) is 19.5. The first-order valence-electron chi connectivity index (χ1n) is 17.4. The maximum atomic E-state index is 13.5. The van der Waals surface area contributed by atoms with Gasteiger partial charge in [0.05, 0.1) is 31.0 Å². The molecule has 42 heavy (non-hydrogen) atoms. The maximum absolute atomic E-state index is 13.5. The fraction of sp³-hybridized carbons (Fsp3) is 0.971. The summed E-state index contributed by atoms with van der Waals surface area (Å²) < 4.78 is 12.9. The molecule has 4 fully saturated rings. The minimum atomic E-state index is -0.353. The van der Waals surface area contributed by atoms with E-state index in [-0.39, 0.29) is 16.5 Å². The normalized spacial score (nSPS) is 29.5. The molecule has 0 aromatic rings. The van der Waals surface area contributed by atoms with Crippen LogP contribution in [-0.2, 0) is 14.3 Å². The second-order valence-corrected chi connectivity index (χ2v) is 17.1. The van der Waals surface area contributed by atoms with Crippen molar-refractivity contribution in [2.75, 3.05) is 39.3 Å². The Morgan fingerprint density at radius 2 is 1.17 bits per heavy atom. The molecule has 2 saturated carbocycles. The third-order valence-electron chi connectivity index (χ3n) is 9.89. The molecule has 0 unspecified atom stereocenters. The van der Waals surface area contributed by atoms with E-state index in [1.54, 1.807) is 0 Å². The molecular weight excluding hydrogens is 524 g/mol. The van der Waals surface area contributed by atoms with Crippen LogP contribution in [0.25, 0.3) is 0 Å². The lowest BCUT2D eigenvalue weighted by Gasteiger charge is -2.45. The van der Waals surface area contributed by atoms with Crippen molar-refractivity contribution < 1.29 is 14.3 Å². The molecule has 0 amide bonds. The van der Waals surface area contributed by atoms with Crippen LogP contribution in [0.2, 0.25) is 0 Å². The predicted octanol–water partition coefficient (Wildman–Crippen LogP) is 5.41. The summed E-state index contributed by atoms with van der Waals surface area (Å²) in [7, 11) is 0. The van der Waals surface area contributed by atoms with Gasteiger partial charge in [-0.15, -0.1) is 0 Å². The minimum Gasteiger partial charge on any atom is -0.375 e. The number of ketones is 1. The Bertz CT molecular complexity index is 841. The van der Waals surface area contributed by atoms with Gasteiger partial charge in [-0.05, 0) is 98.3 Å². The van der Waals surface area contributed by atoms with Crippen LogP contribution in [0, 0.1) is 11.3 Å². The van der Waals surface area contributed by atoms with Crippen LogP contribution in [-0.4, -0.2) is 102 Å². The Morgan fingerprint density at radius 3 is 1.62 bits per heavy atom. The van der Waals surface area contributed by atoms with Gasteiger partial charge in [0.15, 0.2) is 5.78 Å². The number of Topliss-reactive ketones (excluding diaryl/α,β-unsaturated/α-hetero) is 1. The van der Waals surface area contributed by atoms with Gasteiger partial charge in [-0.3, -0.25) is 9.69 Å². The van der Waals surface area contributed by atoms with E-state index in [0.717, 1.165) is 64.0 Å². The van der Waals surface area contributed by atoms with Gasteiger partial charge >= 0.3 is 0 Å². The SMILES string of the molecule is CC(C)CN1CCC(O[C@H]2C[C@H](NC(C)(C)CC(C)(C)C(=O)CN3CCC(O[C@H]4C[C@H](NC(C)(C)C)C4)CC3)C2)CC1. The van der Waals surface area contributed by atoms with Crippen molar-refractivity contribution in [1.29, 1.82) is 0 Å². The van der Waals surface area contributed by atoms with Crippen LogP contribution >= 0.6 is 0 Å². The minimum absolute atomic E-state index is 0.0830. The van der Waals surface area contributed by atoms with E-state index in [4.69, 9.17) is 9.47 Å². The monoisotopic (exact) mass is 591 g/mol. The summed E-state index contributed by atoms with van der Waals surface area (Å²) in [5.41, 5.74) is -0.263. The van der Waals surface area contributed by atoms with E-state index in [1.165, 1.54) is 32.5 Å². The highest BCUT2D eigenvalue weighted by molar-refractivity contribution is 5.86.